The van der Waals surface area contributed by atoms with Gasteiger partial charge in [-0.15, -0.1) is 0 Å². The zero-order chi connectivity index (χ0) is 17.8. The van der Waals surface area contributed by atoms with Gasteiger partial charge in [0, 0.05) is 11.6 Å². The fourth-order valence-electron chi connectivity index (χ4n) is 2.96. The summed E-state index contributed by atoms with van der Waals surface area (Å²) in [7, 11) is 0. The minimum absolute atomic E-state index is 0.482. The lowest BCUT2D eigenvalue weighted by Gasteiger charge is -2.23. The molecular formula is C20H26N2O3. The van der Waals surface area contributed by atoms with Crippen LogP contribution in [-0.4, -0.2) is 22.6 Å². The summed E-state index contributed by atoms with van der Waals surface area (Å²) >= 11 is 0. The molecule has 3 atom stereocenters. The second-order valence-corrected chi connectivity index (χ2v) is 6.93. The van der Waals surface area contributed by atoms with Gasteiger partial charge in [0.1, 0.15) is 23.3 Å². The second kappa shape index (κ2) is 7.85. The van der Waals surface area contributed by atoms with Gasteiger partial charge in [-0.05, 0) is 56.2 Å². The van der Waals surface area contributed by atoms with E-state index < -0.39 is 12.3 Å². The van der Waals surface area contributed by atoms with Crippen molar-refractivity contribution in [2.45, 2.75) is 45.4 Å². The molecule has 5 heteroatoms. The molecule has 5 nitrogen and oxygen atoms in total. The van der Waals surface area contributed by atoms with Crippen molar-refractivity contribution in [3.63, 3.8) is 0 Å². The third-order valence-corrected chi connectivity index (χ3v) is 4.68. The molecule has 3 unspecified atom stereocenters. The molecular weight excluding hydrogens is 316 g/mol. The van der Waals surface area contributed by atoms with Crippen molar-refractivity contribution < 1.29 is 14.4 Å². The van der Waals surface area contributed by atoms with E-state index in [1.54, 1.807) is 0 Å². The van der Waals surface area contributed by atoms with Crippen LogP contribution in [0.3, 0.4) is 0 Å². The van der Waals surface area contributed by atoms with Crippen molar-refractivity contribution in [2.24, 2.45) is 17.6 Å². The maximum absolute atomic E-state index is 10.3. The monoisotopic (exact) mass is 342 g/mol. The summed E-state index contributed by atoms with van der Waals surface area (Å²) in [6.45, 7) is 4.02. The molecule has 0 radical (unpaired) electrons. The van der Waals surface area contributed by atoms with Gasteiger partial charge in [-0.25, -0.2) is 0 Å². The topological polar surface area (TPSA) is 81.5 Å². The third-order valence-electron chi connectivity index (χ3n) is 4.68. The van der Waals surface area contributed by atoms with E-state index in [2.05, 4.69) is 12.1 Å². The lowest BCUT2D eigenvalue weighted by Crippen LogP contribution is -2.41. The highest BCUT2D eigenvalue weighted by molar-refractivity contribution is 5.71. The van der Waals surface area contributed by atoms with Gasteiger partial charge in [0.25, 0.3) is 0 Å². The number of ether oxygens (including phenoxy) is 1. The molecule has 0 spiro atoms. The molecule has 0 bridgehead atoms. The molecule has 0 amide bonds. The van der Waals surface area contributed by atoms with Crippen molar-refractivity contribution >= 4 is 12.2 Å². The van der Waals surface area contributed by atoms with E-state index in [-0.39, 0.29) is 0 Å². The van der Waals surface area contributed by atoms with Crippen LogP contribution in [0.15, 0.2) is 34.9 Å². The van der Waals surface area contributed by atoms with E-state index in [1.165, 1.54) is 12.8 Å². The van der Waals surface area contributed by atoms with Crippen molar-refractivity contribution in [3.05, 3.63) is 47.3 Å². The van der Waals surface area contributed by atoms with Gasteiger partial charge in [0.05, 0.1) is 0 Å². The van der Waals surface area contributed by atoms with Crippen LogP contribution in [0.4, 0.5) is 0 Å². The molecule has 3 N–H and O–H groups in total. The van der Waals surface area contributed by atoms with Crippen LogP contribution < -0.4 is 10.5 Å². The van der Waals surface area contributed by atoms with Crippen LogP contribution in [-0.2, 0) is 0 Å². The number of aliphatic hydroxyl groups is 1. The van der Waals surface area contributed by atoms with Crippen LogP contribution in [0, 0.1) is 18.8 Å². The third kappa shape index (κ3) is 4.94. The fourth-order valence-corrected chi connectivity index (χ4v) is 2.96. The number of aryl methyl sites for hydroxylation is 1. The Hall–Kier alpha value is -2.11. The van der Waals surface area contributed by atoms with E-state index in [1.807, 2.05) is 49.4 Å². The van der Waals surface area contributed by atoms with Gasteiger partial charge in [-0.1, -0.05) is 30.3 Å². The minimum atomic E-state index is -0.745. The molecule has 0 saturated heterocycles. The first kappa shape index (κ1) is 17.7. The Labute approximate surface area is 148 Å². The second-order valence-electron chi connectivity index (χ2n) is 6.93. The summed E-state index contributed by atoms with van der Waals surface area (Å²) in [6, 6.07) is 9.46. The van der Waals surface area contributed by atoms with Gasteiger partial charge in [0.15, 0.2) is 6.23 Å². The predicted molar refractivity (Wildman–Crippen MR) is 97.7 cm³/mol. The van der Waals surface area contributed by atoms with E-state index in [9.17, 15) is 5.11 Å². The largest absolute Gasteiger partial charge is 0.472 e. The summed E-state index contributed by atoms with van der Waals surface area (Å²) < 4.78 is 10.9. The molecule has 1 aromatic heterocycles. The molecule has 25 heavy (non-hydrogen) atoms. The molecule has 1 aliphatic carbocycles. The van der Waals surface area contributed by atoms with Crippen molar-refractivity contribution in [1.82, 2.24) is 5.16 Å². The summed E-state index contributed by atoms with van der Waals surface area (Å²) in [5.41, 5.74) is 7.70. The molecule has 1 aromatic carbocycles. The number of hydrogen-bond donors (Lipinski definition) is 2. The average Bonchev–Trinajstić information content (AvgIpc) is 3.36. The van der Waals surface area contributed by atoms with Crippen molar-refractivity contribution in [2.75, 3.05) is 0 Å². The number of benzene rings is 1. The van der Waals surface area contributed by atoms with E-state index >= 15 is 0 Å². The number of aliphatic hydroxyl groups excluding tert-OH is 1. The molecule has 1 fully saturated rings. The van der Waals surface area contributed by atoms with Gasteiger partial charge < -0.3 is 14.4 Å². The van der Waals surface area contributed by atoms with Crippen LogP contribution in [0.25, 0.3) is 12.2 Å². The number of nitrogens with zero attached hydrogens (tertiary/aromatic N) is 1. The van der Waals surface area contributed by atoms with Crippen LogP contribution >= 0.6 is 0 Å². The zero-order valence-electron chi connectivity index (χ0n) is 14.8. The van der Waals surface area contributed by atoms with Gasteiger partial charge in [-0.3, -0.25) is 5.73 Å². The smallest absolute Gasteiger partial charge is 0.173 e. The predicted octanol–water partition coefficient (Wildman–Crippen LogP) is 3.61. The Morgan fingerprint density at radius 3 is 2.80 bits per heavy atom. The normalized spacial score (nSPS) is 18.2. The van der Waals surface area contributed by atoms with Gasteiger partial charge >= 0.3 is 0 Å². The molecule has 1 heterocycles. The van der Waals surface area contributed by atoms with E-state index in [4.69, 9.17) is 15.0 Å². The van der Waals surface area contributed by atoms with Crippen molar-refractivity contribution in [3.8, 4) is 5.75 Å². The Bertz CT molecular complexity index is 721. The number of hydrogen-bond acceptors (Lipinski definition) is 5. The highest BCUT2D eigenvalue weighted by Crippen LogP contribution is 2.38. The van der Waals surface area contributed by atoms with Crippen molar-refractivity contribution in [1.29, 1.82) is 0 Å². The van der Waals surface area contributed by atoms with Crippen LogP contribution in [0.2, 0.25) is 0 Å². The maximum Gasteiger partial charge on any atom is 0.173 e. The van der Waals surface area contributed by atoms with Gasteiger partial charge in [-0.2, -0.15) is 0 Å². The lowest BCUT2D eigenvalue weighted by molar-refractivity contribution is 0.0233. The summed E-state index contributed by atoms with van der Waals surface area (Å²) in [5.74, 6) is 2.63. The van der Waals surface area contributed by atoms with E-state index in [0.717, 1.165) is 22.9 Å². The standard InChI is InChI=1S/C20H26N2O3/c1-13(15-7-8-15)11-18(23)20(21)24-19-6-4-3-5-16(19)9-10-17-12-14(2)25-22-17/h3-6,9-10,12-13,15,18,20,23H,7-8,11,21H2,1-2H3. The fraction of sp³-hybridized carbons (Fsp3) is 0.450. The Balaban J connectivity index is 1.64. The molecule has 0 aliphatic heterocycles. The number of aromatic nitrogens is 1. The van der Waals surface area contributed by atoms with Crippen LogP contribution in [0.5, 0.6) is 5.75 Å². The Morgan fingerprint density at radius 2 is 2.12 bits per heavy atom. The SMILES string of the molecule is Cc1cc(C=Cc2ccccc2OC(N)C(O)CC(C)C2CC2)no1. The summed E-state index contributed by atoms with van der Waals surface area (Å²) in [4.78, 5) is 0. The highest BCUT2D eigenvalue weighted by Gasteiger charge is 2.31. The van der Waals surface area contributed by atoms with Gasteiger partial charge in [0.2, 0.25) is 0 Å². The quantitative estimate of drug-likeness (QED) is 0.716. The molecule has 1 saturated carbocycles. The first-order chi connectivity index (χ1) is 12.0. The molecule has 1 aliphatic rings. The molecule has 134 valence electrons. The maximum atomic E-state index is 10.3. The molecule has 2 aromatic rings. The minimum Gasteiger partial charge on any atom is -0.472 e. The first-order valence-corrected chi connectivity index (χ1v) is 8.83. The summed E-state index contributed by atoms with van der Waals surface area (Å²) in [5, 5.41) is 14.3. The first-order valence-electron chi connectivity index (χ1n) is 8.83. The van der Waals surface area contributed by atoms with E-state index in [0.29, 0.717) is 18.1 Å². The Kier molecular flexibility index (Phi) is 5.56. The summed E-state index contributed by atoms with van der Waals surface area (Å²) in [6.07, 6.45) is 5.53. The number of nitrogens with two attached hydrogens (primary N) is 1. The average molecular weight is 342 g/mol. The highest BCUT2D eigenvalue weighted by atomic mass is 16.5. The zero-order valence-corrected chi connectivity index (χ0v) is 14.8. The Morgan fingerprint density at radius 1 is 1.36 bits per heavy atom. The molecule has 3 rings (SSSR count). The number of rotatable bonds is 8. The van der Waals surface area contributed by atoms with Crippen LogP contribution in [0.1, 0.15) is 43.2 Å². The number of para-hydroxylation sites is 1. The lowest BCUT2D eigenvalue weighted by atomic mass is 9.98.